The number of aromatic hydroxyl groups is 1. The summed E-state index contributed by atoms with van der Waals surface area (Å²) in [7, 11) is -10.3. The minimum atomic E-state index is -5.24. The predicted octanol–water partition coefficient (Wildman–Crippen LogP) is 2.99. The van der Waals surface area contributed by atoms with Gasteiger partial charge in [0.25, 0.3) is 20.2 Å². The molecule has 0 fully saturated rings. The molecule has 6 aromatic carbocycles. The van der Waals surface area contributed by atoms with Crippen LogP contribution in [0.4, 0.5) is 0 Å². The average Bonchev–Trinajstić information content (AvgIpc) is 3.02. The van der Waals surface area contributed by atoms with E-state index in [1.54, 1.807) is 0 Å². The Hall–Kier alpha value is -4.70. The van der Waals surface area contributed by atoms with Crippen LogP contribution in [-0.2, 0) is 29.6 Å². The largest absolute Gasteiger partial charge is 0.506 e. The Morgan fingerprint density at radius 3 is 1.88 bits per heavy atom. The monoisotopic (exact) mass is 730 g/mol. The van der Waals surface area contributed by atoms with E-state index in [9.17, 15) is 50.2 Å². The molecule has 1 aromatic heterocycles. The van der Waals surface area contributed by atoms with E-state index in [1.165, 1.54) is 18.2 Å². The number of rotatable bonds is 5. The first-order valence-corrected chi connectivity index (χ1v) is 16.8. The fraction of sp³-hybridized carbons (Fsp3) is 0. The molecule has 1 heterocycles. The Labute approximate surface area is 272 Å². The summed E-state index contributed by atoms with van der Waals surface area (Å²) < 4.78 is 73.0. The van der Waals surface area contributed by atoms with Gasteiger partial charge in [-0.15, -0.1) is 4.33 Å². The van der Waals surface area contributed by atoms with Gasteiger partial charge in [-0.3, -0.25) is 28.3 Å². The molecule has 0 aliphatic rings. The lowest BCUT2D eigenvalue weighted by Gasteiger charge is -2.12. The van der Waals surface area contributed by atoms with Crippen LogP contribution in [-0.4, -0.2) is 46.3 Å². The van der Waals surface area contributed by atoms with Crippen molar-refractivity contribution in [1.29, 1.82) is 0 Å². The number of phenols is 1. The molecule has 16 nitrogen and oxygen atoms in total. The number of hydrogen-bond donors (Lipinski definition) is 4. The summed E-state index contributed by atoms with van der Waals surface area (Å²) in [6.07, 6.45) is 0. The second-order valence-corrected chi connectivity index (χ2v) is 14.2. The molecular formula is C28H11ClN2O14S3. The number of fused-ring (bicyclic) bond motifs is 8. The summed E-state index contributed by atoms with van der Waals surface area (Å²) in [5, 5.41) is 18.8. The third kappa shape index (κ3) is 4.56. The van der Waals surface area contributed by atoms with Crippen LogP contribution < -0.4 is 21.7 Å². The smallest absolute Gasteiger partial charge is 0.298 e. The highest BCUT2D eigenvalue weighted by Gasteiger charge is 2.28. The van der Waals surface area contributed by atoms with Crippen molar-refractivity contribution in [1.82, 2.24) is 9.97 Å². The Morgan fingerprint density at radius 1 is 0.625 bits per heavy atom. The number of phenolic OH excluding ortho intramolecular Hbond substituents is 1. The van der Waals surface area contributed by atoms with Crippen molar-refractivity contribution in [3.05, 3.63) is 88.4 Å². The molecule has 0 saturated heterocycles. The zero-order valence-electron chi connectivity index (χ0n) is 22.9. The number of benzene rings is 6. The van der Waals surface area contributed by atoms with Gasteiger partial charge in [0.2, 0.25) is 5.43 Å². The van der Waals surface area contributed by atoms with Gasteiger partial charge in [0.1, 0.15) is 37.6 Å². The summed E-state index contributed by atoms with van der Waals surface area (Å²) in [5.41, 5.74) is -6.04. The third-order valence-corrected chi connectivity index (χ3v) is 10.3. The van der Waals surface area contributed by atoms with E-state index in [4.69, 9.17) is 16.9 Å². The highest BCUT2D eigenvalue weighted by atomic mass is 35.5. The van der Waals surface area contributed by atoms with E-state index in [-0.39, 0.29) is 20.7 Å². The quantitative estimate of drug-likeness (QED) is 0.0495. The van der Waals surface area contributed by atoms with Gasteiger partial charge in [0.15, 0.2) is 16.3 Å². The van der Waals surface area contributed by atoms with Gasteiger partial charge in [-0.1, -0.05) is 16.6 Å². The molecule has 0 amide bonds. The third-order valence-electron chi connectivity index (χ3n) is 7.67. The normalized spacial score (nSPS) is 12.8. The van der Waals surface area contributed by atoms with E-state index >= 15 is 0 Å². The van der Waals surface area contributed by atoms with E-state index in [0.29, 0.717) is 24.2 Å². The van der Waals surface area contributed by atoms with Crippen molar-refractivity contribution in [2.24, 2.45) is 0 Å². The first-order valence-electron chi connectivity index (χ1n) is 12.8. The minimum Gasteiger partial charge on any atom is -0.506 e. The van der Waals surface area contributed by atoms with Crippen LogP contribution in [0.25, 0.3) is 65.2 Å². The molecule has 7 aromatic rings. The lowest BCUT2D eigenvalue weighted by Crippen LogP contribution is -2.17. The summed E-state index contributed by atoms with van der Waals surface area (Å²) in [6, 6.07) is 7.11. The molecule has 48 heavy (non-hydrogen) atoms. The molecule has 242 valence electrons. The highest BCUT2D eigenvalue weighted by molar-refractivity contribution is 7.94. The van der Waals surface area contributed by atoms with Gasteiger partial charge in [-0.05, 0) is 42.5 Å². The Kier molecular flexibility index (Phi) is 7.07. The molecule has 4 N–H and O–H groups in total. The Morgan fingerprint density at radius 2 is 1.21 bits per heavy atom. The summed E-state index contributed by atoms with van der Waals surface area (Å²) in [5.74, 6) is -1.25. The Bertz CT molecular complexity index is 3110. The second kappa shape index (κ2) is 10.7. The van der Waals surface area contributed by atoms with Gasteiger partial charge in [0, 0.05) is 31.8 Å². The number of halogens is 1. The molecule has 0 spiro atoms. The van der Waals surface area contributed by atoms with Crippen molar-refractivity contribution in [3.8, 4) is 5.75 Å². The van der Waals surface area contributed by atoms with Crippen LogP contribution >= 0.6 is 23.6 Å². The van der Waals surface area contributed by atoms with Crippen molar-refractivity contribution >= 4 is 109 Å². The molecule has 0 atom stereocenters. The van der Waals surface area contributed by atoms with Gasteiger partial charge < -0.3 is 5.11 Å². The molecule has 0 unspecified atom stereocenters. The molecular weight excluding hydrogens is 720 g/mol. The molecule has 0 aliphatic carbocycles. The van der Waals surface area contributed by atoms with Crippen LogP contribution in [0.1, 0.15) is 0 Å². The number of hydrogen-bond acceptors (Lipinski definition) is 15. The highest BCUT2D eigenvalue weighted by Crippen LogP contribution is 2.36. The average molecular weight is 731 g/mol. The van der Waals surface area contributed by atoms with E-state index < -0.39 is 112 Å². The SMILES string of the molecule is O=c1c2ccc(SOOO)cc2c(=O)c2c1cc(S(=O)(=O)O)c1nc3c(nc12)c(Cl)cc1c(=O)c2ccc(S(=O)(=O)O)c(O)c2c(=O)c13. The first-order chi connectivity index (χ1) is 22.5. The van der Waals surface area contributed by atoms with Gasteiger partial charge in [-0.2, -0.15) is 16.8 Å². The molecule has 0 saturated carbocycles. The van der Waals surface area contributed by atoms with Crippen molar-refractivity contribution in [2.45, 2.75) is 14.7 Å². The van der Waals surface area contributed by atoms with E-state index in [2.05, 4.69) is 19.3 Å². The van der Waals surface area contributed by atoms with Gasteiger partial charge in [-0.25, -0.2) is 15.2 Å². The second-order valence-electron chi connectivity index (χ2n) is 10.2. The molecule has 7 rings (SSSR count). The molecule has 20 heteroatoms. The fourth-order valence-electron chi connectivity index (χ4n) is 5.70. The standard InChI is InChI=1S/C28H11ClN2O14S3/c29-14-6-12-18(28(36)19-10(25(12)33)3-4-15(27(19)35)47(38,39)40)22-20(14)30-23-17-13(7-16(21(23)31-22)48(41,42)43)24(32)9-2-1-8(46-45-44-37)5-11(9)26(17)34/h1-7,35,37H,(H,38,39,40)(H,41,42,43). The van der Waals surface area contributed by atoms with Crippen LogP contribution in [0.3, 0.4) is 0 Å². The van der Waals surface area contributed by atoms with E-state index in [0.717, 1.165) is 12.1 Å². The van der Waals surface area contributed by atoms with Crippen LogP contribution in [0.15, 0.2) is 76.3 Å². The predicted molar refractivity (Wildman–Crippen MR) is 171 cm³/mol. The van der Waals surface area contributed by atoms with Gasteiger partial charge >= 0.3 is 0 Å². The van der Waals surface area contributed by atoms with Gasteiger partial charge in [0.05, 0.1) is 33.2 Å². The first kappa shape index (κ1) is 31.9. The maximum absolute atomic E-state index is 13.9. The minimum absolute atomic E-state index is 0.157. The number of nitrogens with zero attached hydrogens (tertiary/aromatic N) is 2. The van der Waals surface area contributed by atoms with E-state index in [1.807, 2.05) is 0 Å². The van der Waals surface area contributed by atoms with Crippen LogP contribution in [0.2, 0.25) is 5.02 Å². The van der Waals surface area contributed by atoms with Crippen molar-refractivity contribution in [3.63, 3.8) is 0 Å². The van der Waals surface area contributed by atoms with Crippen LogP contribution in [0.5, 0.6) is 5.75 Å². The van der Waals surface area contributed by atoms with Crippen molar-refractivity contribution < 1.29 is 45.7 Å². The maximum atomic E-state index is 13.9. The molecule has 0 bridgehead atoms. The summed E-state index contributed by atoms with van der Waals surface area (Å²) in [6.45, 7) is 0. The lowest BCUT2D eigenvalue weighted by molar-refractivity contribution is -0.432. The fourth-order valence-corrected chi connectivity index (χ4v) is 7.57. The molecule has 0 aliphatic heterocycles. The lowest BCUT2D eigenvalue weighted by atomic mass is 9.99. The summed E-state index contributed by atoms with van der Waals surface area (Å²) >= 11 is 6.97. The zero-order chi connectivity index (χ0) is 34.6. The number of aromatic nitrogens is 2. The molecule has 0 radical (unpaired) electrons. The summed E-state index contributed by atoms with van der Waals surface area (Å²) in [4.78, 5) is 61.5. The maximum Gasteiger partial charge on any atom is 0.298 e. The van der Waals surface area contributed by atoms with Crippen LogP contribution in [0, 0.1) is 0 Å². The topological polar surface area (TPSA) is 262 Å². The zero-order valence-corrected chi connectivity index (χ0v) is 26.1. The Balaban J connectivity index is 1.73. The van der Waals surface area contributed by atoms with Crippen molar-refractivity contribution in [2.75, 3.05) is 0 Å².